The van der Waals surface area contributed by atoms with Gasteiger partial charge in [-0.1, -0.05) is 45.2 Å². The monoisotopic (exact) mass is 213 g/mol. The van der Waals surface area contributed by atoms with Gasteiger partial charge < -0.3 is 0 Å². The summed E-state index contributed by atoms with van der Waals surface area (Å²) < 4.78 is 0. The van der Waals surface area contributed by atoms with E-state index in [1.807, 2.05) is 24.4 Å². The van der Waals surface area contributed by atoms with E-state index in [1.54, 1.807) is 6.08 Å². The van der Waals surface area contributed by atoms with Crippen molar-refractivity contribution in [2.75, 3.05) is 0 Å². The van der Waals surface area contributed by atoms with Crippen molar-refractivity contribution < 1.29 is 0 Å². The van der Waals surface area contributed by atoms with Crippen molar-refractivity contribution in [3.8, 4) is 0 Å². The van der Waals surface area contributed by atoms with Crippen LogP contribution in [-0.4, -0.2) is 4.98 Å². The number of pyridine rings is 1. The second kappa shape index (κ2) is 6.06. The quantitative estimate of drug-likeness (QED) is 0.659. The fourth-order valence-electron chi connectivity index (χ4n) is 1.67. The van der Waals surface area contributed by atoms with Gasteiger partial charge in [-0.2, -0.15) is 0 Å². The van der Waals surface area contributed by atoms with E-state index in [0.717, 1.165) is 17.7 Å². The third kappa shape index (κ3) is 2.69. The molecule has 0 N–H and O–H groups in total. The molecule has 0 spiro atoms. The third-order valence-corrected chi connectivity index (χ3v) is 2.79. The second-order valence-corrected chi connectivity index (χ2v) is 3.81. The van der Waals surface area contributed by atoms with Gasteiger partial charge in [0.05, 0.1) is 5.69 Å². The van der Waals surface area contributed by atoms with Gasteiger partial charge in [0, 0.05) is 11.8 Å². The molecule has 1 aromatic heterocycles. The van der Waals surface area contributed by atoms with Crippen molar-refractivity contribution in [1.82, 2.24) is 4.98 Å². The van der Waals surface area contributed by atoms with E-state index >= 15 is 0 Å². The molecule has 0 aromatic carbocycles. The van der Waals surface area contributed by atoms with Gasteiger partial charge in [-0.05, 0) is 30.0 Å². The summed E-state index contributed by atoms with van der Waals surface area (Å²) in [4.78, 5) is 4.36. The van der Waals surface area contributed by atoms with Crippen molar-refractivity contribution in [2.24, 2.45) is 0 Å². The highest BCUT2D eigenvalue weighted by atomic mass is 14.7. The van der Waals surface area contributed by atoms with Gasteiger partial charge in [0.25, 0.3) is 0 Å². The van der Waals surface area contributed by atoms with Crippen LogP contribution in [0.5, 0.6) is 0 Å². The zero-order chi connectivity index (χ0) is 12.0. The largest absolute Gasteiger partial charge is 0.256 e. The molecule has 0 aliphatic rings. The molecule has 0 aliphatic carbocycles. The van der Waals surface area contributed by atoms with Crippen LogP contribution in [-0.2, 0) is 0 Å². The Labute approximate surface area is 98.2 Å². The maximum Gasteiger partial charge on any atom is 0.0704 e. The predicted octanol–water partition coefficient (Wildman–Crippen LogP) is 4.44. The van der Waals surface area contributed by atoms with Crippen molar-refractivity contribution in [2.45, 2.75) is 26.2 Å². The van der Waals surface area contributed by atoms with Gasteiger partial charge in [-0.15, -0.1) is 0 Å². The van der Waals surface area contributed by atoms with Crippen LogP contribution in [0.25, 0.3) is 12.2 Å². The second-order valence-electron chi connectivity index (χ2n) is 3.81. The number of aromatic nitrogens is 1. The fraction of sp³-hybridized carbons (Fsp3) is 0.267. The molecule has 0 fully saturated rings. The lowest BCUT2D eigenvalue weighted by atomic mass is 9.93. The van der Waals surface area contributed by atoms with Gasteiger partial charge in [0.2, 0.25) is 0 Å². The number of allylic oxidation sites excluding steroid dienone is 2. The smallest absolute Gasteiger partial charge is 0.0704 e. The summed E-state index contributed by atoms with van der Waals surface area (Å²) in [6, 6.07) is 2.08. The van der Waals surface area contributed by atoms with E-state index in [4.69, 9.17) is 0 Å². The molecule has 1 aromatic rings. The first kappa shape index (κ1) is 12.4. The highest BCUT2D eigenvalue weighted by Crippen LogP contribution is 2.25. The molecule has 1 heterocycles. The summed E-state index contributed by atoms with van der Waals surface area (Å²) in [5.74, 6) is 0.534. The SMILES string of the molecule is C=C/C=C\c1nccc(C(C)CC)c1C=C. The molecule has 0 saturated carbocycles. The normalized spacial score (nSPS) is 12.6. The van der Waals surface area contributed by atoms with Crippen molar-refractivity contribution in [3.63, 3.8) is 0 Å². The van der Waals surface area contributed by atoms with E-state index in [9.17, 15) is 0 Å². The Morgan fingerprint density at radius 2 is 2.19 bits per heavy atom. The van der Waals surface area contributed by atoms with E-state index in [0.29, 0.717) is 5.92 Å². The number of hydrogen-bond acceptors (Lipinski definition) is 1. The third-order valence-electron chi connectivity index (χ3n) is 2.79. The number of rotatable bonds is 5. The van der Waals surface area contributed by atoms with Crippen LogP contribution in [0.2, 0.25) is 0 Å². The van der Waals surface area contributed by atoms with Crippen LogP contribution in [0.15, 0.2) is 37.6 Å². The summed E-state index contributed by atoms with van der Waals surface area (Å²) in [5.41, 5.74) is 3.42. The molecule has 84 valence electrons. The Morgan fingerprint density at radius 3 is 2.75 bits per heavy atom. The van der Waals surface area contributed by atoms with E-state index in [1.165, 1.54) is 5.56 Å². The highest BCUT2D eigenvalue weighted by molar-refractivity contribution is 5.65. The van der Waals surface area contributed by atoms with Gasteiger partial charge in [0.15, 0.2) is 0 Å². The van der Waals surface area contributed by atoms with Gasteiger partial charge in [-0.25, -0.2) is 0 Å². The first-order valence-corrected chi connectivity index (χ1v) is 5.65. The molecule has 0 amide bonds. The highest BCUT2D eigenvalue weighted by Gasteiger charge is 2.09. The Kier molecular flexibility index (Phi) is 4.71. The topological polar surface area (TPSA) is 12.9 Å². The van der Waals surface area contributed by atoms with Gasteiger partial charge in [-0.3, -0.25) is 4.98 Å². The fourth-order valence-corrected chi connectivity index (χ4v) is 1.67. The molecule has 0 radical (unpaired) electrons. The standard InChI is InChI=1S/C15H19N/c1-5-8-9-15-13(7-3)14(10-11-16-15)12(4)6-2/h5,7-12H,1,3,6H2,2,4H3/b9-8-. The van der Waals surface area contributed by atoms with E-state index in [-0.39, 0.29) is 0 Å². The maximum absolute atomic E-state index is 4.36. The van der Waals surface area contributed by atoms with E-state index < -0.39 is 0 Å². The number of hydrogen-bond donors (Lipinski definition) is 0. The molecule has 1 unspecified atom stereocenters. The van der Waals surface area contributed by atoms with Gasteiger partial charge >= 0.3 is 0 Å². The Hall–Kier alpha value is -1.63. The molecule has 16 heavy (non-hydrogen) atoms. The van der Waals surface area contributed by atoms with Crippen LogP contribution in [0.4, 0.5) is 0 Å². The molecule has 0 saturated heterocycles. The molecular weight excluding hydrogens is 194 g/mol. The minimum absolute atomic E-state index is 0.534. The first-order chi connectivity index (χ1) is 7.74. The summed E-state index contributed by atoms with van der Waals surface area (Å²) >= 11 is 0. The lowest BCUT2D eigenvalue weighted by molar-refractivity contribution is 0.730. The van der Waals surface area contributed by atoms with Crippen LogP contribution in [0, 0.1) is 0 Å². The predicted molar refractivity (Wildman–Crippen MR) is 72.3 cm³/mol. The summed E-state index contributed by atoms with van der Waals surface area (Å²) in [5, 5.41) is 0. The molecule has 1 heteroatoms. The summed E-state index contributed by atoms with van der Waals surface area (Å²) in [6.07, 6.45) is 10.5. The molecular formula is C15H19N. The Balaban J connectivity index is 3.25. The molecule has 1 rings (SSSR count). The number of nitrogens with zero attached hydrogens (tertiary/aromatic N) is 1. The average molecular weight is 213 g/mol. The molecule has 0 bridgehead atoms. The summed E-state index contributed by atoms with van der Waals surface area (Å²) in [7, 11) is 0. The van der Waals surface area contributed by atoms with E-state index in [2.05, 4.69) is 38.1 Å². The zero-order valence-corrected chi connectivity index (χ0v) is 10.1. The minimum atomic E-state index is 0.534. The maximum atomic E-state index is 4.36. The molecule has 1 atom stereocenters. The molecule has 0 aliphatic heterocycles. The van der Waals surface area contributed by atoms with Crippen molar-refractivity contribution in [3.05, 3.63) is 54.4 Å². The zero-order valence-electron chi connectivity index (χ0n) is 10.1. The summed E-state index contributed by atoms with van der Waals surface area (Å²) in [6.45, 7) is 12.0. The Bertz CT molecular complexity index is 402. The minimum Gasteiger partial charge on any atom is -0.256 e. The van der Waals surface area contributed by atoms with Crippen LogP contribution in [0.3, 0.4) is 0 Å². The first-order valence-electron chi connectivity index (χ1n) is 5.65. The van der Waals surface area contributed by atoms with Crippen LogP contribution >= 0.6 is 0 Å². The van der Waals surface area contributed by atoms with Crippen LogP contribution in [0.1, 0.15) is 43.0 Å². The van der Waals surface area contributed by atoms with Crippen molar-refractivity contribution in [1.29, 1.82) is 0 Å². The average Bonchev–Trinajstić information content (AvgIpc) is 2.34. The van der Waals surface area contributed by atoms with Crippen LogP contribution < -0.4 is 0 Å². The lowest BCUT2D eigenvalue weighted by Crippen LogP contribution is -1.98. The van der Waals surface area contributed by atoms with Crippen molar-refractivity contribution >= 4 is 12.2 Å². The van der Waals surface area contributed by atoms with Gasteiger partial charge in [0.1, 0.15) is 0 Å². The Morgan fingerprint density at radius 1 is 1.44 bits per heavy atom. The molecule has 1 nitrogen and oxygen atoms in total. The lowest BCUT2D eigenvalue weighted by Gasteiger charge is -2.13.